The number of nitrogens with two attached hydrogens (primary N) is 1. The Labute approximate surface area is 64.8 Å². The average Bonchev–Trinajstić information content (AvgIpc) is 1.97. The molecule has 1 atom stereocenters. The highest BCUT2D eigenvalue weighted by molar-refractivity contribution is 5.72. The molecule has 0 saturated heterocycles. The van der Waals surface area contributed by atoms with Gasteiger partial charge in [0, 0.05) is 6.20 Å². The Balaban J connectivity index is 3.44. The zero-order valence-electron chi connectivity index (χ0n) is 6.28. The van der Waals surface area contributed by atoms with Gasteiger partial charge in [0.25, 0.3) is 0 Å². The van der Waals surface area contributed by atoms with Crippen molar-refractivity contribution < 1.29 is 14.6 Å². The fourth-order valence-corrected chi connectivity index (χ4v) is 0.359. The van der Waals surface area contributed by atoms with Crippen LogP contribution in [0, 0.1) is 0 Å². The van der Waals surface area contributed by atoms with Crippen molar-refractivity contribution in [1.29, 1.82) is 0 Å². The van der Waals surface area contributed by atoms with E-state index in [0.29, 0.717) is 6.61 Å². The van der Waals surface area contributed by atoms with E-state index in [-0.39, 0.29) is 0 Å². The Morgan fingerprint density at radius 1 is 1.91 bits per heavy atom. The van der Waals surface area contributed by atoms with Gasteiger partial charge in [-0.3, -0.25) is 0 Å². The maximum absolute atomic E-state index is 10.1. The molecule has 11 heavy (non-hydrogen) atoms. The fraction of sp³-hybridized carbons (Fsp3) is 0.500. The Bertz CT molecular complexity index is 147. The predicted octanol–water partition coefficient (Wildman–Crippen LogP) is -0.547. The van der Waals surface area contributed by atoms with E-state index in [1.165, 1.54) is 12.5 Å². The summed E-state index contributed by atoms with van der Waals surface area (Å²) in [6.07, 6.45) is 1.62. The third-order valence-electron chi connectivity index (χ3n) is 0.873. The van der Waals surface area contributed by atoms with E-state index in [1.807, 2.05) is 6.92 Å². The first-order valence-electron chi connectivity index (χ1n) is 3.19. The van der Waals surface area contributed by atoms with Gasteiger partial charge in [-0.1, -0.05) is 0 Å². The van der Waals surface area contributed by atoms with Crippen molar-refractivity contribution in [2.24, 2.45) is 5.73 Å². The third kappa shape index (κ3) is 5.23. The van der Waals surface area contributed by atoms with Gasteiger partial charge >= 0.3 is 5.97 Å². The van der Waals surface area contributed by atoms with Crippen LogP contribution in [-0.2, 0) is 9.53 Å². The van der Waals surface area contributed by atoms with E-state index < -0.39 is 12.1 Å². The second kappa shape index (κ2) is 5.55. The number of hydrogen-bond donors (Lipinski definition) is 3. The molecule has 4 N–H and O–H groups in total. The largest absolute Gasteiger partial charge is 0.500 e. The van der Waals surface area contributed by atoms with E-state index >= 15 is 0 Å². The summed E-state index contributed by atoms with van der Waals surface area (Å²) in [5.41, 5.74) is 5.08. The zero-order chi connectivity index (χ0) is 8.69. The number of ether oxygens (including phenoxy) is 1. The molecule has 0 bridgehead atoms. The molecule has 0 radical (unpaired) electrons. The molecule has 0 rings (SSSR count). The minimum absolute atomic E-state index is 0.542. The van der Waals surface area contributed by atoms with Crippen LogP contribution < -0.4 is 11.1 Å². The first-order chi connectivity index (χ1) is 5.18. The van der Waals surface area contributed by atoms with Gasteiger partial charge in [0.2, 0.25) is 0 Å². The number of rotatable bonds is 5. The van der Waals surface area contributed by atoms with Crippen LogP contribution in [0.4, 0.5) is 0 Å². The molecular weight excluding hydrogens is 148 g/mol. The van der Waals surface area contributed by atoms with Crippen LogP contribution in [0.1, 0.15) is 6.92 Å². The molecule has 0 amide bonds. The number of carbonyl (C=O) groups is 1. The molecule has 0 aliphatic carbocycles. The van der Waals surface area contributed by atoms with E-state index in [0.717, 1.165) is 0 Å². The fourth-order valence-electron chi connectivity index (χ4n) is 0.359. The second-order valence-electron chi connectivity index (χ2n) is 1.74. The van der Waals surface area contributed by atoms with Crippen molar-refractivity contribution in [3.05, 3.63) is 12.5 Å². The summed E-state index contributed by atoms with van der Waals surface area (Å²) in [6.45, 7) is 2.36. The number of carboxylic acid groups (broad SMARTS) is 1. The molecule has 0 aliphatic rings. The van der Waals surface area contributed by atoms with Crippen LogP contribution in [-0.4, -0.2) is 23.8 Å². The monoisotopic (exact) mass is 160 g/mol. The minimum atomic E-state index is -1.11. The standard InChI is InChI=1S/C6H12N2O3/c1-2-11-4-3-8-5(7)6(9)10/h3-5,8H,2,7H2,1H3,(H,9,10). The maximum atomic E-state index is 10.1. The topological polar surface area (TPSA) is 84.6 Å². The molecule has 0 aromatic carbocycles. The van der Waals surface area contributed by atoms with Gasteiger partial charge in [-0.25, -0.2) is 4.79 Å². The molecular formula is C6H12N2O3. The van der Waals surface area contributed by atoms with E-state index in [2.05, 4.69) is 5.32 Å². The molecule has 0 heterocycles. The molecule has 0 saturated carbocycles. The highest BCUT2D eigenvalue weighted by Crippen LogP contribution is 1.75. The number of nitrogens with one attached hydrogen (secondary N) is 1. The van der Waals surface area contributed by atoms with Crippen LogP contribution in [0.25, 0.3) is 0 Å². The summed E-state index contributed by atoms with van der Waals surface area (Å²) in [6, 6.07) is 0. The smallest absolute Gasteiger partial charge is 0.341 e. The van der Waals surface area contributed by atoms with Gasteiger partial charge < -0.3 is 20.9 Å². The summed E-state index contributed by atoms with van der Waals surface area (Å²) in [5, 5.41) is 10.7. The van der Waals surface area contributed by atoms with Crippen molar-refractivity contribution in [2.75, 3.05) is 6.61 Å². The van der Waals surface area contributed by atoms with Crippen molar-refractivity contribution >= 4 is 5.97 Å². The van der Waals surface area contributed by atoms with E-state index in [9.17, 15) is 4.79 Å². The molecule has 64 valence electrons. The molecule has 0 aliphatic heterocycles. The van der Waals surface area contributed by atoms with Crippen LogP contribution >= 0.6 is 0 Å². The maximum Gasteiger partial charge on any atom is 0.341 e. The van der Waals surface area contributed by atoms with Gasteiger partial charge in [0.05, 0.1) is 12.9 Å². The highest BCUT2D eigenvalue weighted by atomic mass is 16.5. The summed E-state index contributed by atoms with van der Waals surface area (Å²) in [5.74, 6) is -1.11. The minimum Gasteiger partial charge on any atom is -0.500 e. The Hall–Kier alpha value is -1.23. The van der Waals surface area contributed by atoms with Crippen molar-refractivity contribution in [2.45, 2.75) is 13.1 Å². The number of carboxylic acids is 1. The van der Waals surface area contributed by atoms with Crippen molar-refractivity contribution in [3.8, 4) is 0 Å². The zero-order valence-corrected chi connectivity index (χ0v) is 6.28. The van der Waals surface area contributed by atoms with E-state index in [4.69, 9.17) is 15.6 Å². The lowest BCUT2D eigenvalue weighted by molar-refractivity contribution is -0.139. The van der Waals surface area contributed by atoms with Crippen LogP contribution in [0.3, 0.4) is 0 Å². The normalized spacial score (nSPS) is 12.9. The van der Waals surface area contributed by atoms with Crippen molar-refractivity contribution in [3.63, 3.8) is 0 Å². The second-order valence-corrected chi connectivity index (χ2v) is 1.74. The predicted molar refractivity (Wildman–Crippen MR) is 39.5 cm³/mol. The van der Waals surface area contributed by atoms with Crippen LogP contribution in [0.2, 0.25) is 0 Å². The van der Waals surface area contributed by atoms with E-state index in [1.54, 1.807) is 0 Å². The molecule has 5 heteroatoms. The lowest BCUT2D eigenvalue weighted by Gasteiger charge is -2.04. The highest BCUT2D eigenvalue weighted by Gasteiger charge is 2.06. The van der Waals surface area contributed by atoms with Gasteiger partial charge in [0.15, 0.2) is 6.17 Å². The van der Waals surface area contributed by atoms with Crippen LogP contribution in [0.5, 0.6) is 0 Å². The third-order valence-corrected chi connectivity index (χ3v) is 0.873. The SMILES string of the molecule is CCOC=CNC(N)C(=O)O. The Morgan fingerprint density at radius 2 is 2.55 bits per heavy atom. The first-order valence-corrected chi connectivity index (χ1v) is 3.19. The first kappa shape index (κ1) is 9.77. The Kier molecular flexibility index (Phi) is 4.93. The summed E-state index contributed by atoms with van der Waals surface area (Å²) in [4.78, 5) is 10.1. The van der Waals surface area contributed by atoms with Gasteiger partial charge in [-0.05, 0) is 6.92 Å². The summed E-state index contributed by atoms with van der Waals surface area (Å²) >= 11 is 0. The molecule has 0 spiro atoms. The average molecular weight is 160 g/mol. The molecule has 0 aromatic heterocycles. The van der Waals surface area contributed by atoms with Crippen LogP contribution in [0.15, 0.2) is 12.5 Å². The van der Waals surface area contributed by atoms with Gasteiger partial charge in [0.1, 0.15) is 0 Å². The van der Waals surface area contributed by atoms with Crippen molar-refractivity contribution in [1.82, 2.24) is 5.32 Å². The van der Waals surface area contributed by atoms with Gasteiger partial charge in [-0.15, -0.1) is 0 Å². The molecule has 5 nitrogen and oxygen atoms in total. The lowest BCUT2D eigenvalue weighted by Crippen LogP contribution is -2.41. The van der Waals surface area contributed by atoms with Gasteiger partial charge in [-0.2, -0.15) is 0 Å². The quantitative estimate of drug-likeness (QED) is 0.371. The lowest BCUT2D eigenvalue weighted by atomic mass is 10.5. The Morgan fingerprint density at radius 3 is 3.00 bits per heavy atom. The summed E-state index contributed by atoms with van der Waals surface area (Å²) in [7, 11) is 0. The molecule has 0 fully saturated rings. The number of aliphatic carboxylic acids is 1. The summed E-state index contributed by atoms with van der Waals surface area (Å²) < 4.78 is 4.77. The number of hydrogen-bond acceptors (Lipinski definition) is 4. The molecule has 0 aromatic rings. The molecule has 1 unspecified atom stereocenters.